The molecule has 0 aromatic heterocycles. The Morgan fingerprint density at radius 3 is 2.25 bits per heavy atom. The van der Waals surface area contributed by atoms with E-state index < -0.39 is 11.4 Å². The average Bonchev–Trinajstić information content (AvgIpc) is 2.88. The summed E-state index contributed by atoms with van der Waals surface area (Å²) < 4.78 is 5.43. The Balaban J connectivity index is 1.59. The van der Waals surface area contributed by atoms with Gasteiger partial charge in [-0.25, -0.2) is 0 Å². The van der Waals surface area contributed by atoms with Crippen molar-refractivity contribution in [3.05, 3.63) is 102 Å². The molecule has 0 amide bonds. The van der Waals surface area contributed by atoms with E-state index in [4.69, 9.17) is 4.74 Å². The van der Waals surface area contributed by atoms with Gasteiger partial charge < -0.3 is 9.84 Å². The number of methoxy groups -OCH3 is 1. The van der Waals surface area contributed by atoms with Crippen LogP contribution < -0.4 is 4.74 Å². The molecule has 3 nitrogen and oxygen atoms in total. The summed E-state index contributed by atoms with van der Waals surface area (Å²) in [4.78, 5) is 11.7. The molecular formula is C33H36O3. The molecule has 0 unspecified atom stereocenters. The van der Waals surface area contributed by atoms with Crippen LogP contribution in [0.2, 0.25) is 0 Å². The summed E-state index contributed by atoms with van der Waals surface area (Å²) in [5.74, 6) is 0.0806. The van der Waals surface area contributed by atoms with Gasteiger partial charge in [0.1, 0.15) is 5.75 Å². The molecule has 4 rings (SSSR count). The fourth-order valence-electron chi connectivity index (χ4n) is 4.87. The van der Waals surface area contributed by atoms with Gasteiger partial charge in [-0.15, -0.1) is 0 Å². The molecule has 0 aliphatic carbocycles. The normalized spacial score (nSPS) is 12.0. The molecule has 0 fully saturated rings. The predicted octanol–water partition coefficient (Wildman–Crippen LogP) is 8.18. The van der Waals surface area contributed by atoms with Crippen LogP contribution in [0.3, 0.4) is 0 Å². The summed E-state index contributed by atoms with van der Waals surface area (Å²) in [5.41, 5.74) is 4.85. The van der Waals surface area contributed by atoms with Crippen LogP contribution in [-0.4, -0.2) is 18.2 Å². The minimum atomic E-state index is -0.919. The number of benzene rings is 4. The molecule has 0 saturated heterocycles. The summed E-state index contributed by atoms with van der Waals surface area (Å²) in [6.45, 7) is 8.09. The standard InChI is InChI=1S/C33H36O3/c1-32(2,27-12-8-13-28(22-27)36-5)19-9-10-23-20-25-11-6-7-14-29(25)30(21-23)24-15-17-26(18-16-24)33(3,4)31(34)35/h6-8,11-18,20-22H,9-10,19H2,1-5H3,(H,34,35). The Bertz CT molecular complexity index is 1360. The molecule has 0 bridgehead atoms. The lowest BCUT2D eigenvalue weighted by Gasteiger charge is -2.26. The number of fused-ring (bicyclic) bond motifs is 1. The molecule has 4 aromatic rings. The quantitative estimate of drug-likeness (QED) is 0.263. The topological polar surface area (TPSA) is 46.5 Å². The van der Waals surface area contributed by atoms with Crippen LogP contribution in [0, 0.1) is 0 Å². The molecule has 186 valence electrons. The minimum absolute atomic E-state index is 0.0565. The molecule has 0 spiro atoms. The number of aliphatic carboxylic acids is 1. The van der Waals surface area contributed by atoms with E-state index in [1.165, 1.54) is 27.5 Å². The maximum Gasteiger partial charge on any atom is 0.313 e. The lowest BCUT2D eigenvalue weighted by atomic mass is 9.79. The van der Waals surface area contributed by atoms with Crippen LogP contribution in [0.15, 0.2) is 84.9 Å². The Morgan fingerprint density at radius 1 is 0.833 bits per heavy atom. The third-order valence-electron chi connectivity index (χ3n) is 7.49. The van der Waals surface area contributed by atoms with Crippen LogP contribution in [0.25, 0.3) is 21.9 Å². The highest BCUT2D eigenvalue weighted by Crippen LogP contribution is 2.34. The predicted molar refractivity (Wildman–Crippen MR) is 149 cm³/mol. The van der Waals surface area contributed by atoms with Crippen molar-refractivity contribution >= 4 is 16.7 Å². The zero-order chi connectivity index (χ0) is 25.9. The Hall–Kier alpha value is -3.59. The third-order valence-corrected chi connectivity index (χ3v) is 7.49. The number of rotatable bonds is 9. The number of aryl methyl sites for hydroxylation is 1. The van der Waals surface area contributed by atoms with Gasteiger partial charge in [-0.1, -0.05) is 86.6 Å². The van der Waals surface area contributed by atoms with Crippen molar-refractivity contribution in [1.82, 2.24) is 0 Å². The molecule has 1 N–H and O–H groups in total. The lowest BCUT2D eigenvalue weighted by molar-refractivity contribution is -0.142. The van der Waals surface area contributed by atoms with Gasteiger partial charge in [0.25, 0.3) is 0 Å². The summed E-state index contributed by atoms with van der Waals surface area (Å²) in [7, 11) is 1.71. The van der Waals surface area contributed by atoms with Crippen LogP contribution in [-0.2, 0) is 22.0 Å². The van der Waals surface area contributed by atoms with E-state index in [2.05, 4.69) is 80.6 Å². The number of carbonyl (C=O) groups is 1. The van der Waals surface area contributed by atoms with Crippen molar-refractivity contribution in [1.29, 1.82) is 0 Å². The van der Waals surface area contributed by atoms with E-state index in [1.54, 1.807) is 21.0 Å². The second-order valence-corrected chi connectivity index (χ2v) is 10.8. The molecule has 36 heavy (non-hydrogen) atoms. The van der Waals surface area contributed by atoms with E-state index in [-0.39, 0.29) is 5.41 Å². The van der Waals surface area contributed by atoms with Crippen LogP contribution >= 0.6 is 0 Å². The SMILES string of the molecule is COc1cccc(C(C)(C)CCCc2cc(-c3ccc(C(C)(C)C(=O)O)cc3)c3ccccc3c2)c1. The number of carboxylic acid groups (broad SMARTS) is 1. The highest BCUT2D eigenvalue weighted by Gasteiger charge is 2.29. The van der Waals surface area contributed by atoms with Crippen molar-refractivity contribution in [3.63, 3.8) is 0 Å². The largest absolute Gasteiger partial charge is 0.497 e. The first-order valence-corrected chi connectivity index (χ1v) is 12.6. The number of hydrogen-bond acceptors (Lipinski definition) is 2. The van der Waals surface area contributed by atoms with Gasteiger partial charge in [-0.3, -0.25) is 4.79 Å². The second kappa shape index (κ2) is 10.2. The van der Waals surface area contributed by atoms with E-state index in [1.807, 2.05) is 18.2 Å². The van der Waals surface area contributed by atoms with Gasteiger partial charge in [0.15, 0.2) is 0 Å². The van der Waals surface area contributed by atoms with Gasteiger partial charge in [0, 0.05) is 0 Å². The van der Waals surface area contributed by atoms with Crippen LogP contribution in [0.4, 0.5) is 0 Å². The smallest absolute Gasteiger partial charge is 0.313 e. The Morgan fingerprint density at radius 2 is 1.56 bits per heavy atom. The zero-order valence-electron chi connectivity index (χ0n) is 22.0. The first kappa shape index (κ1) is 25.5. The number of carboxylic acids is 1. The average molecular weight is 481 g/mol. The molecule has 0 aliphatic rings. The van der Waals surface area contributed by atoms with Gasteiger partial charge in [0.05, 0.1) is 12.5 Å². The highest BCUT2D eigenvalue weighted by atomic mass is 16.5. The van der Waals surface area contributed by atoms with Crippen molar-refractivity contribution in [2.75, 3.05) is 7.11 Å². The summed E-state index contributed by atoms with van der Waals surface area (Å²) in [5, 5.41) is 12.0. The molecule has 3 heteroatoms. The van der Waals surface area contributed by atoms with Crippen LogP contribution in [0.5, 0.6) is 5.75 Å². The maximum atomic E-state index is 11.7. The number of ether oxygens (including phenoxy) is 1. The minimum Gasteiger partial charge on any atom is -0.497 e. The van der Waals surface area contributed by atoms with Gasteiger partial charge in [-0.2, -0.15) is 0 Å². The van der Waals surface area contributed by atoms with Crippen molar-refractivity contribution < 1.29 is 14.6 Å². The Kier molecular flexibility index (Phi) is 7.21. The van der Waals surface area contributed by atoms with E-state index in [0.717, 1.165) is 36.1 Å². The monoisotopic (exact) mass is 480 g/mol. The Labute approximate surface area is 214 Å². The number of hydrogen-bond donors (Lipinski definition) is 1. The van der Waals surface area contributed by atoms with Gasteiger partial charge >= 0.3 is 5.97 Å². The maximum absolute atomic E-state index is 11.7. The molecule has 0 atom stereocenters. The summed E-state index contributed by atoms with van der Waals surface area (Å²) >= 11 is 0. The van der Waals surface area contributed by atoms with E-state index >= 15 is 0 Å². The summed E-state index contributed by atoms with van der Waals surface area (Å²) in [6, 6.07) is 29.5. The van der Waals surface area contributed by atoms with Crippen molar-refractivity contribution in [2.45, 2.75) is 57.8 Å². The molecular weight excluding hydrogens is 444 g/mol. The molecule has 0 radical (unpaired) electrons. The fourth-order valence-corrected chi connectivity index (χ4v) is 4.87. The van der Waals surface area contributed by atoms with Gasteiger partial charge in [0.2, 0.25) is 0 Å². The van der Waals surface area contributed by atoms with Crippen molar-refractivity contribution in [2.24, 2.45) is 0 Å². The molecule has 0 aliphatic heterocycles. The van der Waals surface area contributed by atoms with Crippen molar-refractivity contribution in [3.8, 4) is 16.9 Å². The summed E-state index contributed by atoms with van der Waals surface area (Å²) in [6.07, 6.45) is 3.14. The molecule has 4 aromatic carbocycles. The van der Waals surface area contributed by atoms with E-state index in [9.17, 15) is 9.90 Å². The molecule has 0 heterocycles. The van der Waals surface area contributed by atoms with Crippen LogP contribution in [0.1, 0.15) is 57.2 Å². The fraction of sp³-hybridized carbons (Fsp3) is 0.303. The molecule has 0 saturated carbocycles. The first-order valence-electron chi connectivity index (χ1n) is 12.6. The second-order valence-electron chi connectivity index (χ2n) is 10.8. The van der Waals surface area contributed by atoms with E-state index in [0.29, 0.717) is 0 Å². The highest BCUT2D eigenvalue weighted by molar-refractivity contribution is 5.97. The van der Waals surface area contributed by atoms with Gasteiger partial charge in [-0.05, 0) is 89.2 Å². The zero-order valence-corrected chi connectivity index (χ0v) is 22.0. The first-order chi connectivity index (χ1) is 17.1. The lowest BCUT2D eigenvalue weighted by Crippen LogP contribution is -2.28. The third kappa shape index (κ3) is 5.31.